The van der Waals surface area contributed by atoms with Gasteiger partial charge in [0.15, 0.2) is 6.61 Å². The highest BCUT2D eigenvalue weighted by Gasteiger charge is 2.22. The van der Waals surface area contributed by atoms with E-state index in [-0.39, 0.29) is 12.5 Å². The maximum atomic E-state index is 12.5. The van der Waals surface area contributed by atoms with Gasteiger partial charge in [-0.1, -0.05) is 30.9 Å². The minimum Gasteiger partial charge on any atom is -0.497 e. The number of hydrogen-bond acceptors (Lipinski definition) is 5. The van der Waals surface area contributed by atoms with Crippen molar-refractivity contribution in [3.8, 4) is 11.5 Å². The van der Waals surface area contributed by atoms with E-state index in [0.717, 1.165) is 24.4 Å². The van der Waals surface area contributed by atoms with Crippen molar-refractivity contribution in [1.82, 2.24) is 9.21 Å². The minimum absolute atomic E-state index is 0.0140. The molecule has 5 nitrogen and oxygen atoms in total. The van der Waals surface area contributed by atoms with Gasteiger partial charge in [-0.05, 0) is 66.4 Å². The smallest absolute Gasteiger partial charge is 0.260 e. The minimum atomic E-state index is 0.0140. The van der Waals surface area contributed by atoms with E-state index in [2.05, 4.69) is 35.2 Å². The average molecular weight is 425 g/mol. The zero-order valence-electron chi connectivity index (χ0n) is 17.5. The Kier molecular flexibility index (Phi) is 7.99. The Morgan fingerprint density at radius 1 is 1.07 bits per heavy atom. The second kappa shape index (κ2) is 10.9. The first-order chi connectivity index (χ1) is 14.6. The van der Waals surface area contributed by atoms with Crippen LogP contribution in [0.25, 0.3) is 12.2 Å². The van der Waals surface area contributed by atoms with Crippen molar-refractivity contribution < 1.29 is 14.3 Å². The summed E-state index contributed by atoms with van der Waals surface area (Å²) in [6.07, 6.45) is 6.01. The number of methoxy groups -OCH3 is 1. The van der Waals surface area contributed by atoms with Crippen LogP contribution >= 0.6 is 11.9 Å². The SMILES string of the molecule is C=Cc1cc(SN2CCN(C(=O)COc3ccc(OC)cc3)CC2)ccc1/C=C\C. The molecule has 0 aliphatic carbocycles. The predicted molar refractivity (Wildman–Crippen MR) is 124 cm³/mol. The Hall–Kier alpha value is -2.70. The molecule has 0 N–H and O–H groups in total. The van der Waals surface area contributed by atoms with Gasteiger partial charge in [0, 0.05) is 31.1 Å². The summed E-state index contributed by atoms with van der Waals surface area (Å²) in [4.78, 5) is 15.5. The number of rotatable bonds is 8. The van der Waals surface area contributed by atoms with Gasteiger partial charge in [0.1, 0.15) is 11.5 Å². The first-order valence-electron chi connectivity index (χ1n) is 9.99. The molecule has 1 heterocycles. The molecule has 3 rings (SSSR count). The quantitative estimate of drug-likeness (QED) is 0.579. The zero-order valence-corrected chi connectivity index (χ0v) is 18.4. The lowest BCUT2D eigenvalue weighted by molar-refractivity contribution is -0.134. The van der Waals surface area contributed by atoms with Crippen molar-refractivity contribution in [2.75, 3.05) is 39.9 Å². The molecule has 1 amide bonds. The predicted octanol–water partition coefficient (Wildman–Crippen LogP) is 4.60. The number of carbonyl (C=O) groups is 1. The van der Waals surface area contributed by atoms with Gasteiger partial charge < -0.3 is 14.4 Å². The van der Waals surface area contributed by atoms with Crippen LogP contribution in [0.3, 0.4) is 0 Å². The van der Waals surface area contributed by atoms with Gasteiger partial charge in [0.25, 0.3) is 5.91 Å². The summed E-state index contributed by atoms with van der Waals surface area (Å²) in [5, 5.41) is 0. The number of hydrogen-bond donors (Lipinski definition) is 0. The van der Waals surface area contributed by atoms with Crippen LogP contribution in [0.1, 0.15) is 18.1 Å². The van der Waals surface area contributed by atoms with Crippen LogP contribution in [-0.2, 0) is 4.79 Å². The Bertz CT molecular complexity index is 888. The molecule has 0 atom stereocenters. The molecule has 2 aromatic carbocycles. The van der Waals surface area contributed by atoms with Gasteiger partial charge in [0.05, 0.1) is 7.11 Å². The number of allylic oxidation sites excluding steroid dienone is 1. The molecule has 0 saturated carbocycles. The molecule has 1 fully saturated rings. The Morgan fingerprint density at radius 3 is 2.40 bits per heavy atom. The molecule has 158 valence electrons. The molecule has 0 aromatic heterocycles. The van der Waals surface area contributed by atoms with Crippen molar-refractivity contribution in [2.24, 2.45) is 0 Å². The van der Waals surface area contributed by atoms with Crippen molar-refractivity contribution >= 4 is 30.0 Å². The van der Waals surface area contributed by atoms with Gasteiger partial charge in [-0.2, -0.15) is 0 Å². The summed E-state index contributed by atoms with van der Waals surface area (Å²) in [5.41, 5.74) is 2.30. The summed E-state index contributed by atoms with van der Waals surface area (Å²) < 4.78 is 13.0. The summed E-state index contributed by atoms with van der Waals surface area (Å²) in [5.74, 6) is 1.44. The van der Waals surface area contributed by atoms with Gasteiger partial charge in [-0.25, -0.2) is 4.31 Å². The maximum absolute atomic E-state index is 12.5. The molecule has 0 bridgehead atoms. The standard InChI is InChI=1S/C24H28N2O3S/c1-4-6-20-7-12-23(17-19(20)5-2)30-26-15-13-25(14-16-26)24(27)18-29-22-10-8-21(28-3)9-11-22/h4-12,17H,2,13-16,18H2,1,3H3/b6-4-. The Morgan fingerprint density at radius 2 is 1.77 bits per heavy atom. The summed E-state index contributed by atoms with van der Waals surface area (Å²) in [7, 11) is 1.62. The molecule has 1 aliphatic heterocycles. The second-order valence-electron chi connectivity index (χ2n) is 6.86. The van der Waals surface area contributed by atoms with Gasteiger partial charge in [-0.3, -0.25) is 4.79 Å². The second-order valence-corrected chi connectivity index (χ2v) is 8.03. The van der Waals surface area contributed by atoms with Gasteiger partial charge in [-0.15, -0.1) is 0 Å². The topological polar surface area (TPSA) is 42.0 Å². The fourth-order valence-corrected chi connectivity index (χ4v) is 4.16. The van der Waals surface area contributed by atoms with E-state index < -0.39 is 0 Å². The van der Waals surface area contributed by atoms with E-state index in [1.165, 1.54) is 10.5 Å². The molecular weight excluding hydrogens is 396 g/mol. The van der Waals surface area contributed by atoms with Crippen LogP contribution < -0.4 is 9.47 Å². The van der Waals surface area contributed by atoms with E-state index in [1.54, 1.807) is 31.2 Å². The lowest BCUT2D eigenvalue weighted by Gasteiger charge is -2.33. The molecule has 0 radical (unpaired) electrons. The monoisotopic (exact) mass is 424 g/mol. The van der Waals surface area contributed by atoms with E-state index in [1.807, 2.05) is 36.1 Å². The van der Waals surface area contributed by atoms with Crippen LogP contribution in [0.15, 0.2) is 60.0 Å². The number of carbonyl (C=O) groups excluding carboxylic acids is 1. The highest BCUT2D eigenvalue weighted by Crippen LogP contribution is 2.27. The van der Waals surface area contributed by atoms with Gasteiger partial charge in [0.2, 0.25) is 0 Å². The van der Waals surface area contributed by atoms with E-state index in [0.29, 0.717) is 18.8 Å². The number of benzene rings is 2. The van der Waals surface area contributed by atoms with E-state index in [4.69, 9.17) is 9.47 Å². The third-order valence-corrected chi connectivity index (χ3v) is 5.96. The fraction of sp³-hybridized carbons (Fsp3) is 0.292. The number of piperazine rings is 1. The van der Waals surface area contributed by atoms with E-state index in [9.17, 15) is 4.79 Å². The molecule has 0 unspecified atom stereocenters. The Labute approximate surface area is 183 Å². The highest BCUT2D eigenvalue weighted by atomic mass is 32.2. The summed E-state index contributed by atoms with van der Waals surface area (Å²) in [6.45, 7) is 9.01. The van der Waals surface area contributed by atoms with E-state index >= 15 is 0 Å². The zero-order chi connectivity index (χ0) is 21.3. The lowest BCUT2D eigenvalue weighted by atomic mass is 10.1. The van der Waals surface area contributed by atoms with Crippen LogP contribution in [0, 0.1) is 0 Å². The normalized spacial score (nSPS) is 14.7. The van der Waals surface area contributed by atoms with Crippen LogP contribution in [0.2, 0.25) is 0 Å². The third-order valence-electron chi connectivity index (χ3n) is 4.87. The molecular formula is C24H28N2O3S. The molecule has 6 heteroatoms. The molecule has 1 saturated heterocycles. The molecule has 2 aromatic rings. The average Bonchev–Trinajstić information content (AvgIpc) is 2.79. The molecule has 0 spiro atoms. The summed E-state index contributed by atoms with van der Waals surface area (Å²) in [6, 6.07) is 13.7. The Balaban J connectivity index is 1.47. The van der Waals surface area contributed by atoms with Crippen molar-refractivity contribution in [2.45, 2.75) is 11.8 Å². The third kappa shape index (κ3) is 5.90. The first-order valence-corrected chi connectivity index (χ1v) is 10.8. The fourth-order valence-electron chi connectivity index (χ4n) is 3.20. The number of nitrogens with zero attached hydrogens (tertiary/aromatic N) is 2. The van der Waals surface area contributed by atoms with Crippen molar-refractivity contribution in [1.29, 1.82) is 0 Å². The van der Waals surface area contributed by atoms with Gasteiger partial charge >= 0.3 is 0 Å². The largest absolute Gasteiger partial charge is 0.497 e. The first kappa shape index (κ1) is 22.0. The number of ether oxygens (including phenoxy) is 2. The van der Waals surface area contributed by atoms with Crippen molar-refractivity contribution in [3.63, 3.8) is 0 Å². The van der Waals surface area contributed by atoms with Crippen LogP contribution in [0.4, 0.5) is 0 Å². The number of amides is 1. The van der Waals surface area contributed by atoms with Crippen LogP contribution in [-0.4, -0.2) is 55.0 Å². The van der Waals surface area contributed by atoms with Crippen molar-refractivity contribution in [3.05, 3.63) is 66.2 Å². The molecule has 1 aliphatic rings. The van der Waals surface area contributed by atoms with Crippen LogP contribution in [0.5, 0.6) is 11.5 Å². The maximum Gasteiger partial charge on any atom is 0.260 e. The summed E-state index contributed by atoms with van der Waals surface area (Å²) >= 11 is 1.73. The molecule has 30 heavy (non-hydrogen) atoms. The highest BCUT2D eigenvalue weighted by molar-refractivity contribution is 7.97. The lowest BCUT2D eigenvalue weighted by Crippen LogP contribution is -2.47.